The van der Waals surface area contributed by atoms with Gasteiger partial charge in [0.05, 0.1) is 18.1 Å². The van der Waals surface area contributed by atoms with E-state index in [0.29, 0.717) is 6.04 Å². The van der Waals surface area contributed by atoms with Crippen molar-refractivity contribution in [3.63, 3.8) is 0 Å². The topological polar surface area (TPSA) is 29.9 Å². The van der Waals surface area contributed by atoms with Crippen molar-refractivity contribution in [2.75, 3.05) is 7.05 Å². The molecular weight excluding hydrogens is 222 g/mol. The van der Waals surface area contributed by atoms with Crippen LogP contribution in [-0.2, 0) is 7.05 Å². The Morgan fingerprint density at radius 2 is 1.83 bits per heavy atom. The molecule has 0 amide bonds. The number of aryl methyl sites for hydroxylation is 1. The first-order valence-electron chi connectivity index (χ1n) is 7.43. The zero-order valence-electron chi connectivity index (χ0n) is 12.3. The number of unbranched alkanes of at least 4 members (excludes halogenated alkanes) is 6. The first-order chi connectivity index (χ1) is 8.77. The third-order valence-electron chi connectivity index (χ3n) is 3.53. The maximum atomic E-state index is 4.43. The van der Waals surface area contributed by atoms with Gasteiger partial charge in [0.2, 0.25) is 0 Å². The molecule has 18 heavy (non-hydrogen) atoms. The number of hydrogen-bond donors (Lipinski definition) is 1. The van der Waals surface area contributed by atoms with E-state index in [1.165, 1.54) is 57.1 Å². The molecule has 0 aliphatic carbocycles. The molecule has 0 aliphatic heterocycles. The Balaban J connectivity index is 2.13. The van der Waals surface area contributed by atoms with Gasteiger partial charge in [0.1, 0.15) is 0 Å². The highest BCUT2D eigenvalue weighted by atomic mass is 15.0. The summed E-state index contributed by atoms with van der Waals surface area (Å²) < 4.78 is 2.02. The van der Waals surface area contributed by atoms with E-state index in [4.69, 9.17) is 0 Å². The first kappa shape index (κ1) is 15.2. The van der Waals surface area contributed by atoms with Gasteiger partial charge in [-0.15, -0.1) is 0 Å². The van der Waals surface area contributed by atoms with Crippen LogP contribution in [0.15, 0.2) is 12.5 Å². The molecule has 0 bridgehead atoms. The van der Waals surface area contributed by atoms with Crippen molar-refractivity contribution in [1.29, 1.82) is 0 Å². The molecule has 0 saturated heterocycles. The summed E-state index contributed by atoms with van der Waals surface area (Å²) in [6.07, 6.45) is 14.8. The van der Waals surface area contributed by atoms with Gasteiger partial charge in [-0.3, -0.25) is 0 Å². The number of rotatable bonds is 10. The Labute approximate surface area is 112 Å². The highest BCUT2D eigenvalue weighted by molar-refractivity contribution is 5.03. The summed E-state index contributed by atoms with van der Waals surface area (Å²) in [6, 6.07) is 0.418. The molecule has 3 nitrogen and oxygen atoms in total. The Morgan fingerprint density at radius 1 is 1.17 bits per heavy atom. The van der Waals surface area contributed by atoms with Crippen LogP contribution in [0.4, 0.5) is 0 Å². The number of imidazole rings is 1. The van der Waals surface area contributed by atoms with E-state index in [2.05, 4.69) is 23.4 Å². The van der Waals surface area contributed by atoms with Crippen molar-refractivity contribution in [2.45, 2.75) is 64.3 Å². The van der Waals surface area contributed by atoms with Crippen molar-refractivity contribution in [2.24, 2.45) is 7.05 Å². The molecule has 0 spiro atoms. The minimum Gasteiger partial charge on any atom is -0.340 e. The van der Waals surface area contributed by atoms with E-state index in [-0.39, 0.29) is 0 Å². The van der Waals surface area contributed by atoms with E-state index >= 15 is 0 Å². The molecule has 104 valence electrons. The van der Waals surface area contributed by atoms with Crippen LogP contribution in [0.1, 0.15) is 70.0 Å². The molecule has 0 aliphatic rings. The van der Waals surface area contributed by atoms with Gasteiger partial charge < -0.3 is 9.88 Å². The lowest BCUT2D eigenvalue weighted by Crippen LogP contribution is -2.16. The highest BCUT2D eigenvalue weighted by Crippen LogP contribution is 2.18. The molecule has 0 aromatic carbocycles. The molecule has 1 aromatic rings. The van der Waals surface area contributed by atoms with Crippen molar-refractivity contribution in [3.8, 4) is 0 Å². The van der Waals surface area contributed by atoms with Crippen molar-refractivity contribution in [3.05, 3.63) is 18.2 Å². The molecule has 3 heteroatoms. The zero-order valence-corrected chi connectivity index (χ0v) is 12.3. The Bertz CT molecular complexity index is 306. The van der Waals surface area contributed by atoms with Crippen LogP contribution >= 0.6 is 0 Å². The van der Waals surface area contributed by atoms with Crippen LogP contribution in [0, 0.1) is 0 Å². The van der Waals surface area contributed by atoms with Crippen LogP contribution in [0.5, 0.6) is 0 Å². The lowest BCUT2D eigenvalue weighted by molar-refractivity contribution is 0.489. The predicted octanol–water partition coefficient (Wildman–Crippen LogP) is 3.82. The maximum Gasteiger partial charge on any atom is 0.0947 e. The molecular formula is C15H29N3. The lowest BCUT2D eigenvalue weighted by atomic mass is 10.0. The molecule has 1 aromatic heterocycles. The standard InChI is InChI=1S/C15H29N3/c1-4-5-6-7-8-9-10-11-14(16-2)15-12-18(3)13-17-15/h12-14,16H,4-11H2,1-3H3. The van der Waals surface area contributed by atoms with Crippen LogP contribution in [-0.4, -0.2) is 16.6 Å². The molecule has 0 radical (unpaired) electrons. The van der Waals surface area contributed by atoms with Crippen molar-refractivity contribution < 1.29 is 0 Å². The Hall–Kier alpha value is -0.830. The van der Waals surface area contributed by atoms with Gasteiger partial charge in [0, 0.05) is 13.2 Å². The van der Waals surface area contributed by atoms with Gasteiger partial charge in [0.25, 0.3) is 0 Å². The fourth-order valence-electron chi connectivity index (χ4n) is 2.36. The summed E-state index contributed by atoms with van der Waals surface area (Å²) in [5.74, 6) is 0. The average molecular weight is 251 g/mol. The molecule has 1 atom stereocenters. The van der Waals surface area contributed by atoms with E-state index in [9.17, 15) is 0 Å². The van der Waals surface area contributed by atoms with Gasteiger partial charge in [-0.2, -0.15) is 0 Å². The third-order valence-corrected chi connectivity index (χ3v) is 3.53. The predicted molar refractivity (Wildman–Crippen MR) is 77.6 cm³/mol. The SMILES string of the molecule is CCCCCCCCCC(NC)c1cn(C)cn1. The molecule has 1 rings (SSSR count). The second-order valence-electron chi connectivity index (χ2n) is 5.22. The second kappa shape index (κ2) is 9.15. The van der Waals surface area contributed by atoms with Gasteiger partial charge in [-0.05, 0) is 13.5 Å². The molecule has 0 fully saturated rings. The summed E-state index contributed by atoms with van der Waals surface area (Å²) in [6.45, 7) is 2.27. The zero-order chi connectivity index (χ0) is 13.2. The minimum atomic E-state index is 0.418. The number of nitrogens with zero attached hydrogens (tertiary/aromatic N) is 2. The molecule has 0 saturated carbocycles. The highest BCUT2D eigenvalue weighted by Gasteiger charge is 2.10. The first-order valence-corrected chi connectivity index (χ1v) is 7.43. The van der Waals surface area contributed by atoms with E-state index in [0.717, 1.165) is 0 Å². The fraction of sp³-hybridized carbons (Fsp3) is 0.800. The van der Waals surface area contributed by atoms with Gasteiger partial charge in [-0.1, -0.05) is 51.9 Å². The number of hydrogen-bond acceptors (Lipinski definition) is 2. The smallest absolute Gasteiger partial charge is 0.0947 e. The Kier molecular flexibility index (Phi) is 7.74. The summed E-state index contributed by atoms with van der Waals surface area (Å²) in [4.78, 5) is 4.43. The maximum absolute atomic E-state index is 4.43. The number of aromatic nitrogens is 2. The summed E-state index contributed by atoms with van der Waals surface area (Å²) in [7, 11) is 4.05. The number of nitrogens with one attached hydrogen (secondary N) is 1. The van der Waals surface area contributed by atoms with Crippen LogP contribution in [0.2, 0.25) is 0 Å². The normalized spacial score (nSPS) is 12.8. The monoisotopic (exact) mass is 251 g/mol. The van der Waals surface area contributed by atoms with Gasteiger partial charge in [-0.25, -0.2) is 4.98 Å². The summed E-state index contributed by atoms with van der Waals surface area (Å²) in [5.41, 5.74) is 1.17. The van der Waals surface area contributed by atoms with Crippen LogP contribution < -0.4 is 5.32 Å². The van der Waals surface area contributed by atoms with Gasteiger partial charge >= 0.3 is 0 Å². The van der Waals surface area contributed by atoms with E-state index in [1.807, 2.05) is 25.0 Å². The van der Waals surface area contributed by atoms with Gasteiger partial charge in [0.15, 0.2) is 0 Å². The molecule has 1 N–H and O–H groups in total. The Morgan fingerprint density at radius 3 is 2.39 bits per heavy atom. The molecule has 1 heterocycles. The average Bonchev–Trinajstić information content (AvgIpc) is 2.79. The van der Waals surface area contributed by atoms with E-state index in [1.54, 1.807) is 0 Å². The van der Waals surface area contributed by atoms with Crippen molar-refractivity contribution >= 4 is 0 Å². The molecule has 1 unspecified atom stereocenters. The van der Waals surface area contributed by atoms with Crippen LogP contribution in [0.3, 0.4) is 0 Å². The largest absolute Gasteiger partial charge is 0.340 e. The quantitative estimate of drug-likeness (QED) is 0.641. The van der Waals surface area contributed by atoms with E-state index < -0.39 is 0 Å². The fourth-order valence-corrected chi connectivity index (χ4v) is 2.36. The third kappa shape index (κ3) is 5.67. The van der Waals surface area contributed by atoms with Crippen LogP contribution in [0.25, 0.3) is 0 Å². The summed E-state index contributed by atoms with van der Waals surface area (Å²) >= 11 is 0. The minimum absolute atomic E-state index is 0.418. The second-order valence-corrected chi connectivity index (χ2v) is 5.22. The van der Waals surface area contributed by atoms with Crippen molar-refractivity contribution in [1.82, 2.24) is 14.9 Å². The summed E-state index contributed by atoms with van der Waals surface area (Å²) in [5, 5.41) is 3.37. The lowest BCUT2D eigenvalue weighted by Gasteiger charge is -2.13.